The predicted octanol–water partition coefficient (Wildman–Crippen LogP) is 4.48. The Morgan fingerprint density at radius 2 is 1.77 bits per heavy atom. The summed E-state index contributed by atoms with van der Waals surface area (Å²) in [4.78, 5) is 37.1. The largest absolute Gasteiger partial charge is 0.502 e. The molecule has 2 N–H and O–H groups in total. The molecule has 0 bridgehead atoms. The van der Waals surface area contributed by atoms with Gasteiger partial charge in [0.25, 0.3) is 11.6 Å². The van der Waals surface area contributed by atoms with E-state index in [1.54, 1.807) is 0 Å². The molecular weight excluding hydrogens is 480 g/mol. The lowest BCUT2D eigenvalue weighted by Crippen LogP contribution is -2.19. The molecule has 0 aromatic heterocycles. The van der Waals surface area contributed by atoms with Gasteiger partial charge < -0.3 is 10.4 Å². The van der Waals surface area contributed by atoms with E-state index in [-0.39, 0.29) is 15.6 Å². The molecule has 1 aliphatic rings. The summed E-state index contributed by atoms with van der Waals surface area (Å²) in [7, 11) is 0. The third-order valence-electron chi connectivity index (χ3n) is 4.10. The van der Waals surface area contributed by atoms with Crippen LogP contribution in [-0.2, 0) is 4.79 Å². The molecule has 1 aliphatic heterocycles. The van der Waals surface area contributed by atoms with Gasteiger partial charge in [-0.25, -0.2) is 4.99 Å². The first kappa shape index (κ1) is 21.5. The molecule has 30 heavy (non-hydrogen) atoms. The summed E-state index contributed by atoms with van der Waals surface area (Å²) in [6.45, 7) is 3.81. The van der Waals surface area contributed by atoms with E-state index >= 15 is 0 Å². The van der Waals surface area contributed by atoms with Crippen molar-refractivity contribution in [2.24, 2.45) is 4.99 Å². The van der Waals surface area contributed by atoms with Gasteiger partial charge in [0, 0.05) is 16.1 Å². The number of amidine groups is 1. The van der Waals surface area contributed by atoms with Crippen molar-refractivity contribution in [2.75, 3.05) is 0 Å². The molecule has 0 unspecified atom stereocenters. The molecule has 12 heteroatoms. The van der Waals surface area contributed by atoms with E-state index < -0.39 is 32.9 Å². The standard InChI is InChI=1S/C18H13BrN4O6S/c1-8-3-11(4-9(2)15(8)19)20-18-21-17(25)14(30-18)6-10-5-12(22(26)27)7-13(16(10)24)23(28)29/h3-7,24H,1-2H3,(H,20,21,25)/b14-6-. The number of carbonyl (C=O) groups is 1. The maximum Gasteiger partial charge on any atom is 0.318 e. The second-order valence-corrected chi connectivity index (χ2v) is 8.12. The van der Waals surface area contributed by atoms with Crippen molar-refractivity contribution >= 4 is 61.9 Å². The van der Waals surface area contributed by atoms with Gasteiger partial charge in [0.15, 0.2) is 5.17 Å². The quantitative estimate of drug-likeness (QED) is 0.362. The summed E-state index contributed by atoms with van der Waals surface area (Å²) >= 11 is 4.42. The first-order valence-electron chi connectivity index (χ1n) is 8.29. The highest BCUT2D eigenvalue weighted by Crippen LogP contribution is 2.38. The topological polar surface area (TPSA) is 148 Å². The maximum atomic E-state index is 12.3. The lowest BCUT2D eigenvalue weighted by Gasteiger charge is -2.05. The second kappa shape index (κ2) is 8.24. The number of halogens is 1. The molecule has 2 aromatic rings. The van der Waals surface area contributed by atoms with E-state index in [0.717, 1.165) is 39.5 Å². The van der Waals surface area contributed by atoms with Gasteiger partial charge in [-0.3, -0.25) is 25.0 Å². The normalized spacial score (nSPS) is 16.2. The Labute approximate surface area is 182 Å². The molecule has 10 nitrogen and oxygen atoms in total. The van der Waals surface area contributed by atoms with Crippen LogP contribution in [0.5, 0.6) is 5.75 Å². The SMILES string of the molecule is Cc1cc(N=C2NC(=O)/C(=C/c3cc([N+](=O)[O-])cc([N+](=O)[O-])c3O)S2)cc(C)c1Br. The van der Waals surface area contributed by atoms with E-state index in [2.05, 4.69) is 26.2 Å². The van der Waals surface area contributed by atoms with Crippen molar-refractivity contribution in [1.82, 2.24) is 5.32 Å². The van der Waals surface area contributed by atoms with E-state index in [9.17, 15) is 30.1 Å². The molecule has 0 saturated carbocycles. The average molecular weight is 493 g/mol. The molecule has 1 saturated heterocycles. The number of carbonyl (C=O) groups excluding carboxylic acids is 1. The molecule has 154 valence electrons. The number of thioether (sulfide) groups is 1. The third kappa shape index (κ3) is 4.33. The number of aromatic hydroxyl groups is 1. The van der Waals surface area contributed by atoms with Crippen molar-refractivity contribution in [3.05, 3.63) is 70.6 Å². The molecular formula is C18H13BrN4O6S. The monoisotopic (exact) mass is 492 g/mol. The van der Waals surface area contributed by atoms with Crippen LogP contribution in [0.2, 0.25) is 0 Å². The van der Waals surface area contributed by atoms with Crippen LogP contribution >= 0.6 is 27.7 Å². The van der Waals surface area contributed by atoms with Crippen LogP contribution in [0, 0.1) is 34.1 Å². The molecule has 1 amide bonds. The fourth-order valence-electron chi connectivity index (χ4n) is 2.71. The molecule has 0 atom stereocenters. The van der Waals surface area contributed by atoms with Gasteiger partial charge in [0.2, 0.25) is 5.75 Å². The number of rotatable bonds is 4. The summed E-state index contributed by atoms with van der Waals surface area (Å²) < 4.78 is 0.956. The van der Waals surface area contributed by atoms with Crippen LogP contribution in [-0.4, -0.2) is 26.0 Å². The van der Waals surface area contributed by atoms with Gasteiger partial charge in [-0.1, -0.05) is 15.9 Å². The summed E-state index contributed by atoms with van der Waals surface area (Å²) in [5.41, 5.74) is 0.927. The van der Waals surface area contributed by atoms with Gasteiger partial charge in [-0.15, -0.1) is 0 Å². The summed E-state index contributed by atoms with van der Waals surface area (Å²) in [5.74, 6) is -1.31. The smallest absolute Gasteiger partial charge is 0.318 e. The Kier molecular flexibility index (Phi) is 5.89. The predicted molar refractivity (Wildman–Crippen MR) is 116 cm³/mol. The van der Waals surface area contributed by atoms with Crippen LogP contribution in [0.4, 0.5) is 17.1 Å². The minimum absolute atomic E-state index is 0.0735. The number of aryl methyl sites for hydroxylation is 2. The number of aliphatic imine (C=N–C) groups is 1. The number of nitro benzene ring substituents is 2. The van der Waals surface area contributed by atoms with E-state index in [4.69, 9.17) is 0 Å². The number of benzene rings is 2. The highest BCUT2D eigenvalue weighted by Gasteiger charge is 2.27. The molecule has 2 aromatic carbocycles. The zero-order chi connectivity index (χ0) is 22.2. The molecule has 1 heterocycles. The van der Waals surface area contributed by atoms with Crippen LogP contribution < -0.4 is 5.32 Å². The second-order valence-electron chi connectivity index (χ2n) is 6.29. The molecule has 0 spiro atoms. The number of amides is 1. The number of phenols is 1. The average Bonchev–Trinajstić information content (AvgIpc) is 2.99. The van der Waals surface area contributed by atoms with E-state index in [1.807, 2.05) is 26.0 Å². The van der Waals surface area contributed by atoms with Crippen molar-refractivity contribution in [1.29, 1.82) is 0 Å². The van der Waals surface area contributed by atoms with Crippen molar-refractivity contribution in [2.45, 2.75) is 13.8 Å². The summed E-state index contributed by atoms with van der Waals surface area (Å²) in [5, 5.41) is 35.1. The maximum absolute atomic E-state index is 12.3. The Morgan fingerprint density at radius 1 is 1.13 bits per heavy atom. The zero-order valence-corrected chi connectivity index (χ0v) is 17.9. The zero-order valence-electron chi connectivity index (χ0n) is 15.5. The molecule has 1 fully saturated rings. The van der Waals surface area contributed by atoms with Gasteiger partial charge in [0.1, 0.15) is 0 Å². The lowest BCUT2D eigenvalue weighted by atomic mass is 10.1. The highest BCUT2D eigenvalue weighted by molar-refractivity contribution is 9.10. The first-order valence-corrected chi connectivity index (χ1v) is 9.90. The van der Waals surface area contributed by atoms with Crippen LogP contribution in [0.15, 0.2) is 38.6 Å². The Balaban J connectivity index is 1.99. The van der Waals surface area contributed by atoms with Gasteiger partial charge in [-0.05, 0) is 54.9 Å². The minimum atomic E-state index is -0.933. The van der Waals surface area contributed by atoms with Gasteiger partial charge in [-0.2, -0.15) is 0 Å². The van der Waals surface area contributed by atoms with E-state index in [1.165, 1.54) is 0 Å². The van der Waals surface area contributed by atoms with Gasteiger partial charge in [0.05, 0.1) is 26.5 Å². The fourth-order valence-corrected chi connectivity index (χ4v) is 3.77. The van der Waals surface area contributed by atoms with Crippen LogP contribution in [0.1, 0.15) is 16.7 Å². The fraction of sp³-hybridized carbons (Fsp3) is 0.111. The van der Waals surface area contributed by atoms with Gasteiger partial charge >= 0.3 is 5.69 Å². The first-order chi connectivity index (χ1) is 14.1. The number of hydrogen-bond donors (Lipinski definition) is 2. The Hall–Kier alpha value is -3.25. The minimum Gasteiger partial charge on any atom is -0.502 e. The van der Waals surface area contributed by atoms with Crippen molar-refractivity contribution in [3.8, 4) is 5.75 Å². The number of hydrogen-bond acceptors (Lipinski definition) is 8. The van der Waals surface area contributed by atoms with Crippen LogP contribution in [0.25, 0.3) is 6.08 Å². The lowest BCUT2D eigenvalue weighted by molar-refractivity contribution is -0.394. The van der Waals surface area contributed by atoms with Crippen molar-refractivity contribution < 1.29 is 19.7 Å². The number of phenolic OH excluding ortho intramolecular Hbond substituents is 1. The molecule has 3 rings (SSSR count). The third-order valence-corrected chi connectivity index (χ3v) is 6.26. The molecule has 0 aliphatic carbocycles. The van der Waals surface area contributed by atoms with Crippen molar-refractivity contribution in [3.63, 3.8) is 0 Å². The molecule has 0 radical (unpaired) electrons. The van der Waals surface area contributed by atoms with E-state index in [0.29, 0.717) is 11.8 Å². The number of nitrogens with one attached hydrogen (secondary N) is 1. The van der Waals surface area contributed by atoms with Crippen LogP contribution in [0.3, 0.4) is 0 Å². The number of nitrogens with zero attached hydrogens (tertiary/aromatic N) is 3. The Bertz CT molecular complexity index is 1150. The summed E-state index contributed by atoms with van der Waals surface area (Å²) in [6.07, 6.45) is 1.15. The number of non-ortho nitro benzene ring substituents is 1. The summed E-state index contributed by atoms with van der Waals surface area (Å²) in [6, 6.07) is 5.27. The number of nitro groups is 2. The Morgan fingerprint density at radius 3 is 2.33 bits per heavy atom. The highest BCUT2D eigenvalue weighted by atomic mass is 79.9.